The van der Waals surface area contributed by atoms with Crippen molar-refractivity contribution in [3.8, 4) is 6.07 Å². The van der Waals surface area contributed by atoms with Gasteiger partial charge >= 0.3 is 6.18 Å². The first kappa shape index (κ1) is 16.3. The van der Waals surface area contributed by atoms with Crippen LogP contribution in [0.2, 0.25) is 0 Å². The number of nitriles is 1. The molecule has 0 radical (unpaired) electrons. The van der Waals surface area contributed by atoms with Gasteiger partial charge in [0.15, 0.2) is 5.16 Å². The number of hydrogen-bond donors (Lipinski definition) is 1. The number of nitrogens with zero attached hydrogens (tertiary/aromatic N) is 3. The molecule has 5 nitrogen and oxygen atoms in total. The molecule has 1 N–H and O–H groups in total. The van der Waals surface area contributed by atoms with E-state index < -0.39 is 17.8 Å². The second-order valence-corrected chi connectivity index (χ2v) is 5.69. The molecule has 0 aromatic carbocycles. The lowest BCUT2D eigenvalue weighted by Gasteiger charge is -2.06. The molecule has 114 valence electrons. The SMILES string of the molecule is N#Cc1ccsc1NC(=O)CSc1nccc(C(F)(F)F)n1. The smallest absolute Gasteiger partial charge is 0.316 e. The molecular weight excluding hydrogens is 337 g/mol. The Morgan fingerprint density at radius 3 is 2.91 bits per heavy atom. The summed E-state index contributed by atoms with van der Waals surface area (Å²) in [6.45, 7) is 0. The van der Waals surface area contributed by atoms with Crippen LogP contribution in [-0.2, 0) is 11.0 Å². The molecule has 2 aromatic rings. The third-order valence-electron chi connectivity index (χ3n) is 2.29. The van der Waals surface area contributed by atoms with Crippen molar-refractivity contribution < 1.29 is 18.0 Å². The molecule has 2 heterocycles. The Balaban J connectivity index is 1.96. The molecular formula is C12H7F3N4OS2. The van der Waals surface area contributed by atoms with Crippen molar-refractivity contribution in [2.75, 3.05) is 11.1 Å². The van der Waals surface area contributed by atoms with Crippen LogP contribution in [0, 0.1) is 11.3 Å². The molecule has 0 saturated carbocycles. The molecule has 0 unspecified atom stereocenters. The lowest BCUT2D eigenvalue weighted by molar-refractivity contribution is -0.141. The second-order valence-electron chi connectivity index (χ2n) is 3.83. The molecule has 0 saturated heterocycles. The molecule has 0 spiro atoms. The Hall–Kier alpha value is -2.12. The van der Waals surface area contributed by atoms with Gasteiger partial charge in [-0.2, -0.15) is 18.4 Å². The number of rotatable bonds is 4. The number of halogens is 3. The minimum atomic E-state index is -4.56. The third kappa shape index (κ3) is 4.19. The minimum absolute atomic E-state index is 0.142. The van der Waals surface area contributed by atoms with E-state index in [1.165, 1.54) is 11.3 Å². The Labute approximate surface area is 131 Å². The Kier molecular flexibility index (Phi) is 4.99. The Bertz CT molecular complexity index is 724. The first-order valence-corrected chi connectivity index (χ1v) is 7.57. The zero-order valence-corrected chi connectivity index (χ0v) is 12.3. The first-order valence-electron chi connectivity index (χ1n) is 5.70. The molecule has 10 heteroatoms. The molecule has 0 aliphatic heterocycles. The van der Waals surface area contributed by atoms with Crippen molar-refractivity contribution in [2.24, 2.45) is 0 Å². The summed E-state index contributed by atoms with van der Waals surface area (Å²) in [5.41, 5.74) is -0.728. The van der Waals surface area contributed by atoms with Gasteiger partial charge in [0.05, 0.1) is 11.3 Å². The van der Waals surface area contributed by atoms with Crippen LogP contribution in [0.3, 0.4) is 0 Å². The van der Waals surface area contributed by atoms with E-state index in [2.05, 4.69) is 15.3 Å². The Morgan fingerprint density at radius 1 is 1.45 bits per heavy atom. The summed E-state index contributed by atoms with van der Waals surface area (Å²) >= 11 is 1.97. The highest BCUT2D eigenvalue weighted by atomic mass is 32.2. The van der Waals surface area contributed by atoms with E-state index in [0.717, 1.165) is 24.0 Å². The second kappa shape index (κ2) is 6.76. The summed E-state index contributed by atoms with van der Waals surface area (Å²) in [4.78, 5) is 18.7. The highest BCUT2D eigenvalue weighted by Gasteiger charge is 2.32. The van der Waals surface area contributed by atoms with Crippen LogP contribution in [-0.4, -0.2) is 21.6 Å². The van der Waals surface area contributed by atoms with Crippen LogP contribution in [0.1, 0.15) is 11.3 Å². The molecule has 1 amide bonds. The van der Waals surface area contributed by atoms with Gasteiger partial charge in [-0.3, -0.25) is 4.79 Å². The summed E-state index contributed by atoms with van der Waals surface area (Å²) in [6.07, 6.45) is -3.57. The number of thiophene rings is 1. The van der Waals surface area contributed by atoms with Crippen LogP contribution in [0.25, 0.3) is 0 Å². The summed E-state index contributed by atoms with van der Waals surface area (Å²) in [5.74, 6) is -0.616. The van der Waals surface area contributed by atoms with E-state index in [-0.39, 0.29) is 10.9 Å². The molecule has 0 fully saturated rings. The first-order chi connectivity index (χ1) is 10.4. The van der Waals surface area contributed by atoms with Gasteiger partial charge in [-0.15, -0.1) is 11.3 Å². The van der Waals surface area contributed by atoms with Gasteiger partial charge in [0.2, 0.25) is 5.91 Å². The highest BCUT2D eigenvalue weighted by molar-refractivity contribution is 7.99. The van der Waals surface area contributed by atoms with Crippen LogP contribution in [0.5, 0.6) is 0 Å². The number of aromatic nitrogens is 2. The van der Waals surface area contributed by atoms with Crippen molar-refractivity contribution in [2.45, 2.75) is 11.3 Å². The third-order valence-corrected chi connectivity index (χ3v) is 3.99. The predicted octanol–water partition coefficient (Wildman–Crippen LogP) is 3.16. The van der Waals surface area contributed by atoms with E-state index in [0.29, 0.717) is 10.6 Å². The zero-order valence-electron chi connectivity index (χ0n) is 10.7. The maximum absolute atomic E-state index is 12.5. The van der Waals surface area contributed by atoms with Crippen LogP contribution in [0.15, 0.2) is 28.9 Å². The number of amides is 1. The topological polar surface area (TPSA) is 78.7 Å². The molecule has 2 aromatic heterocycles. The summed E-state index contributed by atoms with van der Waals surface area (Å²) < 4.78 is 37.5. The van der Waals surface area contributed by atoms with Crippen LogP contribution < -0.4 is 5.32 Å². The fraction of sp³-hybridized carbons (Fsp3) is 0.167. The standard InChI is InChI=1S/C12H7F3N4OS2/c13-12(14,15)8-1-3-17-11(18-8)22-6-9(20)19-10-7(5-16)2-4-21-10/h1-4H,6H2,(H,19,20). The van der Waals surface area contributed by atoms with Crippen molar-refractivity contribution in [3.05, 3.63) is 35.0 Å². The van der Waals surface area contributed by atoms with Gasteiger partial charge < -0.3 is 5.32 Å². The van der Waals surface area contributed by atoms with Crippen LogP contribution >= 0.6 is 23.1 Å². The molecule has 0 bridgehead atoms. The maximum atomic E-state index is 12.5. The number of carbonyl (C=O) groups excluding carboxylic acids is 1. The molecule has 2 rings (SSSR count). The van der Waals surface area contributed by atoms with E-state index in [1.807, 2.05) is 6.07 Å². The van der Waals surface area contributed by atoms with E-state index >= 15 is 0 Å². The van der Waals surface area contributed by atoms with Crippen molar-refractivity contribution in [1.82, 2.24) is 9.97 Å². The van der Waals surface area contributed by atoms with Gasteiger partial charge in [0.1, 0.15) is 16.8 Å². The van der Waals surface area contributed by atoms with E-state index in [1.54, 1.807) is 11.4 Å². The van der Waals surface area contributed by atoms with Crippen molar-refractivity contribution >= 4 is 34.0 Å². The van der Waals surface area contributed by atoms with Gasteiger partial charge in [-0.1, -0.05) is 11.8 Å². The minimum Gasteiger partial charge on any atom is -0.316 e. The number of thioether (sulfide) groups is 1. The number of anilines is 1. The van der Waals surface area contributed by atoms with Crippen molar-refractivity contribution in [3.63, 3.8) is 0 Å². The molecule has 0 aliphatic carbocycles. The predicted molar refractivity (Wildman–Crippen MR) is 75.4 cm³/mol. The fourth-order valence-corrected chi connectivity index (χ4v) is 2.74. The largest absolute Gasteiger partial charge is 0.433 e. The highest BCUT2D eigenvalue weighted by Crippen LogP contribution is 2.28. The number of hydrogen-bond acceptors (Lipinski definition) is 6. The van der Waals surface area contributed by atoms with E-state index in [9.17, 15) is 18.0 Å². The van der Waals surface area contributed by atoms with Gasteiger partial charge in [-0.25, -0.2) is 9.97 Å². The summed E-state index contributed by atoms with van der Waals surface area (Å²) in [7, 11) is 0. The van der Waals surface area contributed by atoms with Gasteiger partial charge in [-0.05, 0) is 17.5 Å². The Morgan fingerprint density at radius 2 is 2.23 bits per heavy atom. The summed E-state index contributed by atoms with van der Waals surface area (Å²) in [5, 5.41) is 13.2. The summed E-state index contributed by atoms with van der Waals surface area (Å²) in [6, 6.07) is 4.24. The number of alkyl halides is 3. The van der Waals surface area contributed by atoms with Gasteiger partial charge in [0, 0.05) is 6.20 Å². The maximum Gasteiger partial charge on any atom is 0.433 e. The zero-order chi connectivity index (χ0) is 16.2. The molecule has 0 aliphatic rings. The van der Waals surface area contributed by atoms with Crippen LogP contribution in [0.4, 0.5) is 18.2 Å². The molecule has 22 heavy (non-hydrogen) atoms. The van der Waals surface area contributed by atoms with E-state index in [4.69, 9.17) is 5.26 Å². The molecule has 0 atom stereocenters. The fourth-order valence-electron chi connectivity index (χ4n) is 1.36. The average molecular weight is 344 g/mol. The average Bonchev–Trinajstić information content (AvgIpc) is 2.91. The van der Waals surface area contributed by atoms with Crippen molar-refractivity contribution in [1.29, 1.82) is 5.26 Å². The van der Waals surface area contributed by atoms with Gasteiger partial charge in [0.25, 0.3) is 0 Å². The number of carbonyl (C=O) groups is 1. The monoisotopic (exact) mass is 344 g/mol. The quantitative estimate of drug-likeness (QED) is 0.681. The number of nitrogens with one attached hydrogen (secondary N) is 1. The lowest BCUT2D eigenvalue weighted by atomic mass is 10.3. The lowest BCUT2D eigenvalue weighted by Crippen LogP contribution is -2.14. The normalized spacial score (nSPS) is 11.0.